The van der Waals surface area contributed by atoms with Gasteiger partial charge in [0.1, 0.15) is 22.7 Å². The van der Waals surface area contributed by atoms with Gasteiger partial charge in [-0.2, -0.15) is 4.99 Å². The maximum Gasteiger partial charge on any atom is 0.346 e. The molecule has 0 bridgehead atoms. The average molecular weight is 287 g/mol. The van der Waals surface area contributed by atoms with E-state index in [1.54, 1.807) is 4.90 Å². The van der Waals surface area contributed by atoms with Crippen LogP contribution in [0.25, 0.3) is 0 Å². The van der Waals surface area contributed by atoms with Crippen molar-refractivity contribution in [3.8, 4) is 5.75 Å². The molecule has 1 aromatic carbocycles. The highest BCUT2D eigenvalue weighted by molar-refractivity contribution is 6.07. The number of para-hydroxylation sites is 1. The Kier molecular flexibility index (Phi) is 2.80. The van der Waals surface area contributed by atoms with Gasteiger partial charge in [-0.25, -0.2) is 4.79 Å². The summed E-state index contributed by atoms with van der Waals surface area (Å²) in [4.78, 5) is 18.2. The third kappa shape index (κ3) is 1.83. The van der Waals surface area contributed by atoms with Gasteiger partial charge in [0, 0.05) is 18.0 Å². The second-order valence-corrected chi connectivity index (χ2v) is 6.64. The van der Waals surface area contributed by atoms with Gasteiger partial charge < -0.3 is 15.4 Å². The van der Waals surface area contributed by atoms with Gasteiger partial charge >= 0.3 is 6.03 Å². The lowest BCUT2D eigenvalue weighted by molar-refractivity contribution is 0.0155. The van der Waals surface area contributed by atoms with Crippen molar-refractivity contribution >= 4 is 11.9 Å². The number of benzene rings is 1. The summed E-state index contributed by atoms with van der Waals surface area (Å²) in [7, 11) is 0. The second-order valence-electron chi connectivity index (χ2n) is 6.64. The van der Waals surface area contributed by atoms with Crippen LogP contribution in [-0.2, 0) is 5.54 Å². The number of rotatable bonds is 1. The summed E-state index contributed by atoms with van der Waals surface area (Å²) in [5.74, 6) is 1.14. The lowest BCUT2D eigenvalue weighted by Gasteiger charge is -2.49. The van der Waals surface area contributed by atoms with E-state index in [2.05, 4.69) is 4.99 Å². The monoisotopic (exact) mass is 287 g/mol. The molecule has 2 aliphatic heterocycles. The number of amidine groups is 1. The van der Waals surface area contributed by atoms with Crippen molar-refractivity contribution in [3.63, 3.8) is 0 Å². The van der Waals surface area contributed by atoms with Crippen LogP contribution in [0, 0.1) is 0 Å². The number of nitrogens with two attached hydrogens (primary N) is 1. The summed E-state index contributed by atoms with van der Waals surface area (Å²) in [6.45, 7) is 8.00. The third-order valence-electron chi connectivity index (χ3n) is 4.17. The highest BCUT2D eigenvalue weighted by Gasteiger charge is 2.57. The summed E-state index contributed by atoms with van der Waals surface area (Å²) in [5.41, 5.74) is 6.02. The van der Waals surface area contributed by atoms with Crippen molar-refractivity contribution in [1.82, 2.24) is 4.90 Å². The van der Waals surface area contributed by atoms with Gasteiger partial charge in [-0.05, 0) is 33.8 Å². The Labute approximate surface area is 124 Å². The third-order valence-corrected chi connectivity index (χ3v) is 4.17. The normalized spacial score (nSPS) is 26.8. The van der Waals surface area contributed by atoms with E-state index in [-0.39, 0.29) is 12.1 Å². The predicted octanol–water partition coefficient (Wildman–Crippen LogP) is 2.64. The smallest absolute Gasteiger partial charge is 0.346 e. The Bertz CT molecular complexity index is 636. The summed E-state index contributed by atoms with van der Waals surface area (Å²) < 4.78 is 6.07. The first kappa shape index (κ1) is 13.9. The second kappa shape index (κ2) is 4.23. The van der Waals surface area contributed by atoms with Crippen molar-refractivity contribution in [2.45, 2.75) is 51.3 Å². The molecule has 2 amide bonds. The summed E-state index contributed by atoms with van der Waals surface area (Å²) in [5, 5.41) is 0. The van der Waals surface area contributed by atoms with Gasteiger partial charge in [-0.3, -0.25) is 0 Å². The van der Waals surface area contributed by atoms with Crippen LogP contribution in [0.4, 0.5) is 4.79 Å². The number of fused-ring (bicyclic) bond motifs is 2. The number of hydrogen-bond acceptors (Lipinski definition) is 3. The van der Waals surface area contributed by atoms with Gasteiger partial charge in [0.25, 0.3) is 0 Å². The zero-order valence-electron chi connectivity index (χ0n) is 12.9. The van der Waals surface area contributed by atoms with E-state index in [4.69, 9.17) is 10.5 Å². The maximum atomic E-state index is 12.3. The van der Waals surface area contributed by atoms with Crippen LogP contribution < -0.4 is 10.5 Å². The summed E-state index contributed by atoms with van der Waals surface area (Å²) >= 11 is 0. The highest BCUT2D eigenvalue weighted by atomic mass is 16.5. The maximum absolute atomic E-state index is 12.3. The fourth-order valence-corrected chi connectivity index (χ4v) is 3.58. The molecule has 1 atom stereocenters. The van der Waals surface area contributed by atoms with Gasteiger partial charge in [-0.15, -0.1) is 0 Å². The van der Waals surface area contributed by atoms with Crippen molar-refractivity contribution in [2.75, 3.05) is 0 Å². The van der Waals surface area contributed by atoms with Gasteiger partial charge in [-0.1, -0.05) is 18.2 Å². The summed E-state index contributed by atoms with van der Waals surface area (Å²) in [6, 6.07) is 7.50. The fraction of sp³-hybridized carbons (Fsp3) is 0.500. The molecule has 1 unspecified atom stereocenters. The van der Waals surface area contributed by atoms with E-state index in [1.807, 2.05) is 52.0 Å². The molecule has 0 radical (unpaired) electrons. The van der Waals surface area contributed by atoms with E-state index in [9.17, 15) is 4.79 Å². The topological polar surface area (TPSA) is 67.9 Å². The van der Waals surface area contributed by atoms with Crippen molar-refractivity contribution in [3.05, 3.63) is 29.8 Å². The van der Waals surface area contributed by atoms with Crippen LogP contribution in [0.1, 0.15) is 39.7 Å². The van der Waals surface area contributed by atoms with Crippen molar-refractivity contribution < 1.29 is 9.53 Å². The highest BCUT2D eigenvalue weighted by Crippen LogP contribution is 2.49. The number of aliphatic imine (C=N–C) groups is 1. The average Bonchev–Trinajstić information content (AvgIpc) is 2.59. The Balaban J connectivity index is 2.28. The Morgan fingerprint density at radius 3 is 2.67 bits per heavy atom. The van der Waals surface area contributed by atoms with Crippen molar-refractivity contribution in [1.29, 1.82) is 0 Å². The molecule has 2 heterocycles. The minimum absolute atomic E-state index is 0.00394. The fourth-order valence-electron chi connectivity index (χ4n) is 3.58. The molecule has 5 heteroatoms. The Morgan fingerprint density at radius 2 is 2.00 bits per heavy atom. The lowest BCUT2D eigenvalue weighted by atomic mass is 9.75. The Morgan fingerprint density at radius 1 is 1.33 bits per heavy atom. The molecule has 21 heavy (non-hydrogen) atoms. The van der Waals surface area contributed by atoms with E-state index < -0.39 is 11.1 Å². The van der Waals surface area contributed by atoms with Crippen LogP contribution in [0.2, 0.25) is 0 Å². The molecule has 0 fully saturated rings. The largest absolute Gasteiger partial charge is 0.487 e. The SMILES string of the molecule is CC(C)N1C(=O)N=C(N)C12CC(C)(C)Oc1ccccc12. The number of carbonyl (C=O) groups is 1. The van der Waals surface area contributed by atoms with Crippen LogP contribution in [0.5, 0.6) is 5.75 Å². The quantitative estimate of drug-likeness (QED) is 0.863. The van der Waals surface area contributed by atoms with Crippen LogP contribution in [-0.4, -0.2) is 28.4 Å². The van der Waals surface area contributed by atoms with Gasteiger partial charge in [0.15, 0.2) is 0 Å². The molecule has 0 aliphatic carbocycles. The molecule has 0 saturated heterocycles. The van der Waals surface area contributed by atoms with Crippen LogP contribution >= 0.6 is 0 Å². The number of hydrogen-bond donors (Lipinski definition) is 1. The van der Waals surface area contributed by atoms with Gasteiger partial charge in [0.2, 0.25) is 0 Å². The number of amides is 2. The zero-order chi connectivity index (χ0) is 15.4. The molecular formula is C16H21N3O2. The first-order valence-corrected chi connectivity index (χ1v) is 7.24. The van der Waals surface area contributed by atoms with Crippen LogP contribution in [0.15, 0.2) is 29.3 Å². The number of ether oxygens (including phenoxy) is 1. The molecule has 5 nitrogen and oxygen atoms in total. The molecule has 2 N–H and O–H groups in total. The first-order chi connectivity index (χ1) is 9.78. The molecule has 112 valence electrons. The zero-order valence-corrected chi connectivity index (χ0v) is 12.9. The van der Waals surface area contributed by atoms with Crippen molar-refractivity contribution in [2.24, 2.45) is 10.7 Å². The standard InChI is InChI=1S/C16H21N3O2/c1-10(2)19-14(20)18-13(17)16(19)9-15(3,4)21-12-8-6-5-7-11(12)16/h5-8,10H,9H2,1-4H3,(H2,17,18,20). The van der Waals surface area contributed by atoms with E-state index in [0.717, 1.165) is 11.3 Å². The summed E-state index contributed by atoms with van der Waals surface area (Å²) in [6.07, 6.45) is 0.594. The minimum atomic E-state index is -0.705. The lowest BCUT2D eigenvalue weighted by Crippen LogP contribution is -2.60. The number of carbonyl (C=O) groups excluding carboxylic acids is 1. The number of nitrogens with zero attached hydrogens (tertiary/aromatic N) is 2. The first-order valence-electron chi connectivity index (χ1n) is 7.24. The molecule has 1 spiro atoms. The van der Waals surface area contributed by atoms with E-state index >= 15 is 0 Å². The molecular weight excluding hydrogens is 266 g/mol. The van der Waals surface area contributed by atoms with E-state index in [0.29, 0.717) is 12.3 Å². The number of urea groups is 1. The minimum Gasteiger partial charge on any atom is -0.487 e. The van der Waals surface area contributed by atoms with Crippen LogP contribution in [0.3, 0.4) is 0 Å². The molecule has 1 aromatic rings. The Hall–Kier alpha value is -2.04. The molecule has 0 saturated carbocycles. The molecule has 2 aliphatic rings. The van der Waals surface area contributed by atoms with E-state index in [1.165, 1.54) is 0 Å². The molecule has 3 rings (SSSR count). The van der Waals surface area contributed by atoms with Gasteiger partial charge in [0.05, 0.1) is 0 Å². The predicted molar refractivity (Wildman–Crippen MR) is 81.4 cm³/mol. The molecule has 0 aromatic heterocycles.